The molecule has 0 unspecified atom stereocenters. The molecule has 19 heavy (non-hydrogen) atoms. The third-order valence-electron chi connectivity index (χ3n) is 2.29. The van der Waals surface area contributed by atoms with Gasteiger partial charge >= 0.3 is 5.69 Å². The maximum Gasteiger partial charge on any atom is 0.333 e. The van der Waals surface area contributed by atoms with Crippen LogP contribution in [0.4, 0.5) is 13.2 Å². The minimum absolute atomic E-state index is 0.377. The van der Waals surface area contributed by atoms with E-state index < -0.39 is 40.0 Å². The van der Waals surface area contributed by atoms with Gasteiger partial charge in [0, 0.05) is 18.3 Å². The Morgan fingerprint density at radius 1 is 1.16 bits per heavy atom. The number of H-pyrrole nitrogens is 1. The molecular formula is C11H4F3N3O2. The van der Waals surface area contributed by atoms with E-state index >= 15 is 0 Å². The van der Waals surface area contributed by atoms with Gasteiger partial charge in [-0.15, -0.1) is 0 Å². The van der Waals surface area contributed by atoms with E-state index in [4.69, 9.17) is 5.26 Å². The van der Waals surface area contributed by atoms with E-state index in [1.165, 1.54) is 6.07 Å². The summed E-state index contributed by atoms with van der Waals surface area (Å²) in [7, 11) is 0. The van der Waals surface area contributed by atoms with Crippen molar-refractivity contribution in [2.24, 2.45) is 0 Å². The maximum absolute atomic E-state index is 13.5. The van der Waals surface area contributed by atoms with Crippen molar-refractivity contribution in [2.75, 3.05) is 0 Å². The van der Waals surface area contributed by atoms with Crippen LogP contribution in [-0.2, 0) is 0 Å². The number of nitrogens with one attached hydrogen (secondary N) is 1. The van der Waals surface area contributed by atoms with Crippen molar-refractivity contribution in [3.63, 3.8) is 0 Å². The summed E-state index contributed by atoms with van der Waals surface area (Å²) in [6.07, 6.45) is 0.681. The van der Waals surface area contributed by atoms with Crippen LogP contribution in [-0.4, -0.2) is 9.55 Å². The summed E-state index contributed by atoms with van der Waals surface area (Å²) in [5.74, 6) is -3.83. The van der Waals surface area contributed by atoms with Crippen molar-refractivity contribution in [1.29, 1.82) is 5.26 Å². The molecule has 8 heteroatoms. The van der Waals surface area contributed by atoms with Gasteiger partial charge in [0.1, 0.15) is 23.1 Å². The smallest absolute Gasteiger partial charge is 0.273 e. The Morgan fingerprint density at radius 2 is 1.74 bits per heavy atom. The summed E-state index contributed by atoms with van der Waals surface area (Å²) in [6.45, 7) is 0. The minimum Gasteiger partial charge on any atom is -0.273 e. The lowest BCUT2D eigenvalue weighted by Crippen LogP contribution is -2.31. The first-order chi connectivity index (χ1) is 8.93. The number of nitrogens with zero attached hydrogens (tertiary/aromatic N) is 2. The second-order valence-electron chi connectivity index (χ2n) is 3.50. The lowest BCUT2D eigenvalue weighted by molar-refractivity contribution is 0.531. The first kappa shape index (κ1) is 12.6. The van der Waals surface area contributed by atoms with Gasteiger partial charge in [0.25, 0.3) is 5.56 Å². The third kappa shape index (κ3) is 2.13. The summed E-state index contributed by atoms with van der Waals surface area (Å²) in [4.78, 5) is 24.3. The predicted molar refractivity (Wildman–Crippen MR) is 57.2 cm³/mol. The van der Waals surface area contributed by atoms with E-state index in [0.717, 1.165) is 0 Å². The maximum atomic E-state index is 13.5. The van der Waals surface area contributed by atoms with Gasteiger partial charge in [-0.05, 0) is 0 Å². The van der Waals surface area contributed by atoms with Gasteiger partial charge in [0.05, 0.1) is 0 Å². The molecule has 0 spiro atoms. The molecule has 5 nitrogen and oxygen atoms in total. The van der Waals surface area contributed by atoms with Crippen molar-refractivity contribution in [1.82, 2.24) is 9.55 Å². The quantitative estimate of drug-likeness (QED) is 0.830. The summed E-state index contributed by atoms with van der Waals surface area (Å²) in [5.41, 5.74) is -3.51. The van der Waals surface area contributed by atoms with E-state index in [9.17, 15) is 22.8 Å². The van der Waals surface area contributed by atoms with Crippen LogP contribution in [0.2, 0.25) is 0 Å². The average molecular weight is 267 g/mol. The molecule has 1 N–H and O–H groups in total. The van der Waals surface area contributed by atoms with Gasteiger partial charge in [-0.25, -0.2) is 18.0 Å². The van der Waals surface area contributed by atoms with Gasteiger partial charge in [-0.3, -0.25) is 14.3 Å². The lowest BCUT2D eigenvalue weighted by Gasteiger charge is -2.07. The van der Waals surface area contributed by atoms with E-state index in [1.54, 1.807) is 4.98 Å². The Bertz CT molecular complexity index is 794. The molecular weight excluding hydrogens is 263 g/mol. The topological polar surface area (TPSA) is 78.7 Å². The van der Waals surface area contributed by atoms with Crippen molar-refractivity contribution < 1.29 is 13.2 Å². The zero-order chi connectivity index (χ0) is 14.2. The Balaban J connectivity index is 2.84. The van der Waals surface area contributed by atoms with E-state index in [-0.39, 0.29) is 0 Å². The van der Waals surface area contributed by atoms with E-state index in [1.807, 2.05) is 0 Å². The molecule has 0 aliphatic rings. The molecule has 0 saturated heterocycles. The highest BCUT2D eigenvalue weighted by molar-refractivity contribution is 5.37. The van der Waals surface area contributed by atoms with Crippen LogP contribution in [0, 0.1) is 28.8 Å². The van der Waals surface area contributed by atoms with Crippen LogP contribution >= 0.6 is 0 Å². The Labute approximate surface area is 103 Å². The highest BCUT2D eigenvalue weighted by Crippen LogP contribution is 2.17. The molecule has 2 rings (SSSR count). The van der Waals surface area contributed by atoms with E-state index in [2.05, 4.69) is 0 Å². The monoisotopic (exact) mass is 267 g/mol. The van der Waals surface area contributed by atoms with E-state index in [0.29, 0.717) is 22.9 Å². The molecule has 1 aromatic heterocycles. The van der Waals surface area contributed by atoms with Gasteiger partial charge < -0.3 is 0 Å². The fraction of sp³-hybridized carbons (Fsp3) is 0. The van der Waals surface area contributed by atoms with Gasteiger partial charge in [0.15, 0.2) is 11.6 Å². The number of benzene rings is 1. The van der Waals surface area contributed by atoms with Gasteiger partial charge in [-0.1, -0.05) is 0 Å². The van der Waals surface area contributed by atoms with Crippen LogP contribution in [0.3, 0.4) is 0 Å². The van der Waals surface area contributed by atoms with Crippen LogP contribution in [0.15, 0.2) is 27.9 Å². The molecule has 0 amide bonds. The summed E-state index contributed by atoms with van der Waals surface area (Å²) < 4.78 is 40.1. The molecule has 1 aromatic carbocycles. The highest BCUT2D eigenvalue weighted by Gasteiger charge is 2.16. The van der Waals surface area contributed by atoms with Crippen LogP contribution in [0.25, 0.3) is 5.69 Å². The van der Waals surface area contributed by atoms with Crippen molar-refractivity contribution in [2.45, 2.75) is 0 Å². The zero-order valence-electron chi connectivity index (χ0n) is 9.08. The summed E-state index contributed by atoms with van der Waals surface area (Å²) in [6, 6.07) is 2.21. The number of hydrogen-bond donors (Lipinski definition) is 1. The molecule has 0 saturated carbocycles. The first-order valence-electron chi connectivity index (χ1n) is 4.85. The lowest BCUT2D eigenvalue weighted by atomic mass is 10.2. The number of halogens is 3. The number of nitriles is 1. The van der Waals surface area contributed by atoms with Crippen molar-refractivity contribution in [3.8, 4) is 11.8 Å². The predicted octanol–water partition coefficient (Wildman–Crippen LogP) is 0.815. The Morgan fingerprint density at radius 3 is 2.26 bits per heavy atom. The van der Waals surface area contributed by atoms with Crippen LogP contribution in [0.1, 0.15) is 5.56 Å². The second-order valence-corrected chi connectivity index (χ2v) is 3.50. The third-order valence-corrected chi connectivity index (χ3v) is 2.29. The standard InChI is InChI=1S/C11H4F3N3O2/c12-6-1-7(13)9(8(14)2-6)17-4-5(3-15)10(18)16-11(17)19/h1-2,4H,(H,16,18,19). The molecule has 0 fully saturated rings. The van der Waals surface area contributed by atoms with Crippen molar-refractivity contribution in [3.05, 3.63) is 62.2 Å². The SMILES string of the molecule is N#Cc1cn(-c2c(F)cc(F)cc2F)c(=O)[nH]c1=O. The number of hydrogen-bond acceptors (Lipinski definition) is 3. The molecule has 0 radical (unpaired) electrons. The minimum atomic E-state index is -1.34. The van der Waals surface area contributed by atoms with Gasteiger partial charge in [0.2, 0.25) is 0 Å². The zero-order valence-corrected chi connectivity index (χ0v) is 9.08. The van der Waals surface area contributed by atoms with Gasteiger partial charge in [-0.2, -0.15) is 5.26 Å². The number of aromatic nitrogens is 2. The summed E-state index contributed by atoms with van der Waals surface area (Å²) >= 11 is 0. The Hall–Kier alpha value is -2.82. The fourth-order valence-corrected chi connectivity index (χ4v) is 1.48. The van der Waals surface area contributed by atoms with Crippen LogP contribution < -0.4 is 11.2 Å². The fourth-order valence-electron chi connectivity index (χ4n) is 1.48. The average Bonchev–Trinajstić information content (AvgIpc) is 2.30. The highest BCUT2D eigenvalue weighted by atomic mass is 19.1. The molecule has 0 aliphatic heterocycles. The largest absolute Gasteiger partial charge is 0.333 e. The molecule has 0 bridgehead atoms. The number of rotatable bonds is 1. The molecule has 1 heterocycles. The number of aromatic amines is 1. The molecule has 96 valence electrons. The molecule has 2 aromatic rings. The second kappa shape index (κ2) is 4.45. The normalized spacial score (nSPS) is 10.2. The summed E-state index contributed by atoms with van der Waals surface area (Å²) in [5, 5.41) is 8.63. The van der Waals surface area contributed by atoms with Crippen molar-refractivity contribution >= 4 is 0 Å². The van der Waals surface area contributed by atoms with Crippen LogP contribution in [0.5, 0.6) is 0 Å². The molecule has 0 aliphatic carbocycles. The molecule has 0 atom stereocenters. The first-order valence-corrected chi connectivity index (χ1v) is 4.85. The Kier molecular flexibility index (Phi) is 2.96.